The summed E-state index contributed by atoms with van der Waals surface area (Å²) in [6.07, 6.45) is 4.60. The molecule has 1 aliphatic carbocycles. The lowest BCUT2D eigenvalue weighted by Gasteiger charge is -2.24. The van der Waals surface area contributed by atoms with E-state index in [0.717, 1.165) is 24.2 Å². The third kappa shape index (κ3) is 3.79. The number of nitrogens with two attached hydrogens (primary N) is 1. The summed E-state index contributed by atoms with van der Waals surface area (Å²) in [5.74, 6) is 0.728. The number of hydrogen-bond donors (Lipinski definition) is 1. The molecule has 1 aliphatic rings. The highest BCUT2D eigenvalue weighted by Crippen LogP contribution is 2.29. The monoisotopic (exact) mass is 233 g/mol. The van der Waals surface area contributed by atoms with Crippen LogP contribution in [-0.2, 0) is 13.1 Å². The molecule has 3 nitrogen and oxygen atoms in total. The van der Waals surface area contributed by atoms with Crippen LogP contribution in [0, 0.1) is 5.92 Å². The van der Waals surface area contributed by atoms with Crippen molar-refractivity contribution in [3.8, 4) is 0 Å². The average Bonchev–Trinajstić information content (AvgIpc) is 3.12. The molecule has 0 atom stereocenters. The van der Waals surface area contributed by atoms with Crippen molar-refractivity contribution in [2.75, 3.05) is 6.54 Å². The second-order valence-corrected chi connectivity index (χ2v) is 5.41. The maximum Gasteiger partial charge on any atom is 0.0542 e. The van der Waals surface area contributed by atoms with E-state index in [4.69, 9.17) is 5.73 Å². The van der Waals surface area contributed by atoms with Gasteiger partial charge in [-0.15, -0.1) is 0 Å². The fourth-order valence-electron chi connectivity index (χ4n) is 2.22. The van der Waals surface area contributed by atoms with E-state index in [-0.39, 0.29) is 0 Å². The predicted octanol–water partition coefficient (Wildman–Crippen LogP) is 2.16. The first-order chi connectivity index (χ1) is 8.19. The summed E-state index contributed by atoms with van der Waals surface area (Å²) in [6.45, 7) is 7.32. The van der Waals surface area contributed by atoms with Gasteiger partial charge in [0.15, 0.2) is 0 Å². The van der Waals surface area contributed by atoms with Gasteiger partial charge < -0.3 is 5.73 Å². The molecule has 17 heavy (non-hydrogen) atoms. The van der Waals surface area contributed by atoms with Crippen molar-refractivity contribution in [1.82, 2.24) is 9.88 Å². The normalized spacial score (nSPS) is 15.8. The molecular formula is C14H23N3. The molecule has 0 unspecified atom stereocenters. The number of rotatable bonds is 6. The van der Waals surface area contributed by atoms with E-state index in [9.17, 15) is 0 Å². The van der Waals surface area contributed by atoms with Crippen LogP contribution in [0.25, 0.3) is 0 Å². The van der Waals surface area contributed by atoms with E-state index < -0.39 is 0 Å². The largest absolute Gasteiger partial charge is 0.325 e. The molecule has 1 aromatic heterocycles. The number of aromatic nitrogens is 1. The Morgan fingerprint density at radius 3 is 2.82 bits per heavy atom. The van der Waals surface area contributed by atoms with Gasteiger partial charge in [-0.1, -0.05) is 13.8 Å². The Morgan fingerprint density at radius 2 is 2.24 bits per heavy atom. The fraction of sp³-hybridized carbons (Fsp3) is 0.643. The fourth-order valence-corrected chi connectivity index (χ4v) is 2.22. The topological polar surface area (TPSA) is 42.2 Å². The molecule has 0 spiro atoms. The zero-order valence-corrected chi connectivity index (χ0v) is 10.9. The SMILES string of the molecule is CC(C)CN(Cc1ccnc(CN)c1)C1CC1. The van der Waals surface area contributed by atoms with E-state index in [0.29, 0.717) is 6.54 Å². The lowest BCUT2D eigenvalue weighted by molar-refractivity contribution is 0.226. The smallest absolute Gasteiger partial charge is 0.0542 e. The van der Waals surface area contributed by atoms with Gasteiger partial charge in [0.1, 0.15) is 0 Å². The van der Waals surface area contributed by atoms with Crippen molar-refractivity contribution >= 4 is 0 Å². The van der Waals surface area contributed by atoms with Crippen LogP contribution >= 0.6 is 0 Å². The summed E-state index contributed by atoms with van der Waals surface area (Å²) in [6, 6.07) is 5.05. The third-order valence-electron chi connectivity index (χ3n) is 3.14. The summed E-state index contributed by atoms with van der Waals surface area (Å²) in [5, 5.41) is 0. The average molecular weight is 233 g/mol. The Hall–Kier alpha value is -0.930. The first-order valence-electron chi connectivity index (χ1n) is 6.57. The van der Waals surface area contributed by atoms with Crippen LogP contribution in [0.15, 0.2) is 18.3 Å². The molecule has 0 aromatic carbocycles. The molecule has 0 aliphatic heterocycles. The molecule has 3 heteroatoms. The standard InChI is InChI=1S/C14H23N3/c1-11(2)9-17(14-3-4-14)10-12-5-6-16-13(7-12)8-15/h5-7,11,14H,3-4,8-10,15H2,1-2H3. The Kier molecular flexibility index (Phi) is 4.13. The molecule has 94 valence electrons. The van der Waals surface area contributed by atoms with Crippen molar-refractivity contribution in [2.45, 2.75) is 45.8 Å². The molecular weight excluding hydrogens is 210 g/mol. The van der Waals surface area contributed by atoms with Gasteiger partial charge in [-0.05, 0) is 36.5 Å². The minimum atomic E-state index is 0.529. The van der Waals surface area contributed by atoms with Crippen molar-refractivity contribution in [2.24, 2.45) is 11.7 Å². The molecule has 0 bridgehead atoms. The maximum atomic E-state index is 5.63. The van der Waals surface area contributed by atoms with Crippen molar-refractivity contribution in [3.05, 3.63) is 29.6 Å². The number of hydrogen-bond acceptors (Lipinski definition) is 3. The van der Waals surface area contributed by atoms with Crippen LogP contribution in [0.3, 0.4) is 0 Å². The van der Waals surface area contributed by atoms with E-state index in [1.165, 1.54) is 24.9 Å². The Morgan fingerprint density at radius 1 is 1.47 bits per heavy atom. The quantitative estimate of drug-likeness (QED) is 0.818. The van der Waals surface area contributed by atoms with Gasteiger partial charge in [0.05, 0.1) is 5.69 Å². The van der Waals surface area contributed by atoms with Gasteiger partial charge in [0.25, 0.3) is 0 Å². The summed E-state index contributed by atoms with van der Waals surface area (Å²) in [4.78, 5) is 6.84. The van der Waals surface area contributed by atoms with Crippen molar-refractivity contribution < 1.29 is 0 Å². The zero-order valence-electron chi connectivity index (χ0n) is 10.9. The maximum absolute atomic E-state index is 5.63. The van der Waals surface area contributed by atoms with Gasteiger partial charge in [-0.2, -0.15) is 0 Å². The molecule has 1 fully saturated rings. The van der Waals surface area contributed by atoms with Crippen LogP contribution in [0.4, 0.5) is 0 Å². The lowest BCUT2D eigenvalue weighted by atomic mass is 10.1. The van der Waals surface area contributed by atoms with Gasteiger partial charge >= 0.3 is 0 Å². The molecule has 1 heterocycles. The first kappa shape index (κ1) is 12.5. The zero-order chi connectivity index (χ0) is 12.3. The minimum absolute atomic E-state index is 0.529. The molecule has 2 N–H and O–H groups in total. The van der Waals surface area contributed by atoms with Crippen LogP contribution in [-0.4, -0.2) is 22.5 Å². The van der Waals surface area contributed by atoms with Crippen LogP contribution in [0.1, 0.15) is 37.9 Å². The van der Waals surface area contributed by atoms with Crippen molar-refractivity contribution in [1.29, 1.82) is 0 Å². The van der Waals surface area contributed by atoms with E-state index in [1.54, 1.807) is 0 Å². The highest BCUT2D eigenvalue weighted by atomic mass is 15.2. The van der Waals surface area contributed by atoms with Gasteiger partial charge in [-0.3, -0.25) is 9.88 Å². The Bertz CT molecular complexity index is 358. The highest BCUT2D eigenvalue weighted by molar-refractivity contribution is 5.16. The molecule has 1 saturated carbocycles. The van der Waals surface area contributed by atoms with Crippen molar-refractivity contribution in [3.63, 3.8) is 0 Å². The molecule has 1 aromatic rings. The minimum Gasteiger partial charge on any atom is -0.325 e. The van der Waals surface area contributed by atoms with Crippen LogP contribution < -0.4 is 5.73 Å². The molecule has 0 radical (unpaired) electrons. The van der Waals surface area contributed by atoms with E-state index in [2.05, 4.69) is 35.9 Å². The Labute approximate surface area is 104 Å². The van der Waals surface area contributed by atoms with Gasteiger partial charge in [0.2, 0.25) is 0 Å². The molecule has 0 saturated heterocycles. The van der Waals surface area contributed by atoms with Crippen LogP contribution in [0.2, 0.25) is 0 Å². The first-order valence-corrected chi connectivity index (χ1v) is 6.57. The molecule has 0 amide bonds. The predicted molar refractivity (Wildman–Crippen MR) is 70.4 cm³/mol. The summed E-state index contributed by atoms with van der Waals surface area (Å²) >= 11 is 0. The van der Waals surface area contributed by atoms with Gasteiger partial charge in [-0.25, -0.2) is 0 Å². The Balaban J connectivity index is 2.00. The van der Waals surface area contributed by atoms with E-state index in [1.807, 2.05) is 6.20 Å². The number of nitrogens with zero attached hydrogens (tertiary/aromatic N) is 2. The van der Waals surface area contributed by atoms with E-state index >= 15 is 0 Å². The summed E-state index contributed by atoms with van der Waals surface area (Å²) in [7, 11) is 0. The summed E-state index contributed by atoms with van der Waals surface area (Å²) < 4.78 is 0. The second-order valence-electron chi connectivity index (χ2n) is 5.41. The third-order valence-corrected chi connectivity index (χ3v) is 3.14. The van der Waals surface area contributed by atoms with Crippen LogP contribution in [0.5, 0.6) is 0 Å². The second kappa shape index (κ2) is 5.61. The molecule has 2 rings (SSSR count). The highest BCUT2D eigenvalue weighted by Gasteiger charge is 2.29. The lowest BCUT2D eigenvalue weighted by Crippen LogP contribution is -2.29. The summed E-state index contributed by atoms with van der Waals surface area (Å²) in [5.41, 5.74) is 7.96. The number of pyridine rings is 1. The van der Waals surface area contributed by atoms with Gasteiger partial charge in [0, 0.05) is 31.9 Å².